The number of hydrogen-bond acceptors (Lipinski definition) is 5. The summed E-state index contributed by atoms with van der Waals surface area (Å²) in [5.41, 5.74) is 6.59. The lowest BCUT2D eigenvalue weighted by Crippen LogP contribution is -2.35. The molecule has 6 nitrogen and oxygen atoms in total. The lowest BCUT2D eigenvalue weighted by Gasteiger charge is -2.21. The van der Waals surface area contributed by atoms with Crippen LogP contribution in [0.3, 0.4) is 0 Å². The van der Waals surface area contributed by atoms with Gasteiger partial charge in [0, 0.05) is 32.4 Å². The summed E-state index contributed by atoms with van der Waals surface area (Å²) in [7, 11) is 0. The van der Waals surface area contributed by atoms with E-state index < -0.39 is 0 Å². The minimum absolute atomic E-state index is 0.0234. The second-order valence-corrected chi connectivity index (χ2v) is 6.70. The van der Waals surface area contributed by atoms with Crippen molar-refractivity contribution in [2.45, 2.75) is 57.3 Å². The number of rotatable bonds is 5. The highest BCUT2D eigenvalue weighted by atomic mass is 16.5. The van der Waals surface area contributed by atoms with Crippen molar-refractivity contribution in [1.29, 1.82) is 0 Å². The van der Waals surface area contributed by atoms with E-state index in [2.05, 4.69) is 21.3 Å². The van der Waals surface area contributed by atoms with Crippen LogP contribution in [0, 0.1) is 0 Å². The quantitative estimate of drug-likeness (QED) is 0.856. The summed E-state index contributed by atoms with van der Waals surface area (Å²) in [5.74, 6) is 0.986. The van der Waals surface area contributed by atoms with Crippen LogP contribution < -0.4 is 16.0 Å². The number of carbonyl (C=O) groups is 1. The number of amides is 1. The van der Waals surface area contributed by atoms with E-state index in [4.69, 9.17) is 10.5 Å². The number of pyridine rings is 1. The molecule has 2 aliphatic rings. The largest absolute Gasteiger partial charge is 0.364 e. The van der Waals surface area contributed by atoms with Crippen LogP contribution in [0.15, 0.2) is 18.3 Å². The molecule has 6 heteroatoms. The van der Waals surface area contributed by atoms with E-state index in [1.165, 1.54) is 25.7 Å². The fraction of sp³-hybridized carbons (Fsp3) is 0.667. The molecule has 0 unspecified atom stereocenters. The minimum atomic E-state index is -0.358. The molecule has 3 rings (SSSR count). The Balaban J connectivity index is 1.48. The third-order valence-corrected chi connectivity index (χ3v) is 4.87. The van der Waals surface area contributed by atoms with Crippen LogP contribution >= 0.6 is 0 Å². The van der Waals surface area contributed by atoms with Gasteiger partial charge < -0.3 is 20.7 Å². The number of hydrogen-bond donors (Lipinski definition) is 2. The van der Waals surface area contributed by atoms with Gasteiger partial charge in [-0.15, -0.1) is 0 Å². The molecular formula is C18H28N4O2. The molecule has 0 saturated carbocycles. The van der Waals surface area contributed by atoms with Gasteiger partial charge in [-0.05, 0) is 37.3 Å². The van der Waals surface area contributed by atoms with E-state index >= 15 is 0 Å². The summed E-state index contributed by atoms with van der Waals surface area (Å²) in [6, 6.07) is 4.11. The SMILES string of the molecule is NC[C@H]1CC[C@@H](C(=O)NCc2ccc(N3CCCCCC3)nc2)O1. The van der Waals surface area contributed by atoms with Crippen LogP contribution in [0.4, 0.5) is 5.82 Å². The van der Waals surface area contributed by atoms with Crippen LogP contribution in [0.5, 0.6) is 0 Å². The normalized spacial score (nSPS) is 24.6. The second-order valence-electron chi connectivity index (χ2n) is 6.70. The fourth-order valence-electron chi connectivity index (χ4n) is 3.38. The molecule has 2 aliphatic heterocycles. The Labute approximate surface area is 143 Å². The second kappa shape index (κ2) is 8.44. The molecule has 2 atom stereocenters. The maximum Gasteiger partial charge on any atom is 0.249 e. The lowest BCUT2D eigenvalue weighted by molar-refractivity contribution is -0.132. The van der Waals surface area contributed by atoms with Crippen LogP contribution in [-0.4, -0.2) is 42.7 Å². The molecule has 1 aromatic rings. The van der Waals surface area contributed by atoms with Crippen molar-refractivity contribution in [3.05, 3.63) is 23.9 Å². The van der Waals surface area contributed by atoms with Gasteiger partial charge in [0.1, 0.15) is 11.9 Å². The first-order valence-electron chi connectivity index (χ1n) is 9.09. The van der Waals surface area contributed by atoms with Gasteiger partial charge in [0.05, 0.1) is 6.10 Å². The first-order valence-corrected chi connectivity index (χ1v) is 9.09. The van der Waals surface area contributed by atoms with Crippen LogP contribution in [0.2, 0.25) is 0 Å². The predicted octanol–water partition coefficient (Wildman–Crippen LogP) is 1.58. The Kier molecular flexibility index (Phi) is 6.04. The molecule has 0 aliphatic carbocycles. The topological polar surface area (TPSA) is 80.5 Å². The molecule has 0 aromatic carbocycles. The van der Waals surface area contributed by atoms with Gasteiger partial charge in [-0.25, -0.2) is 4.98 Å². The maximum absolute atomic E-state index is 12.1. The average Bonchev–Trinajstić information content (AvgIpc) is 2.95. The van der Waals surface area contributed by atoms with Gasteiger partial charge in [0.25, 0.3) is 0 Å². The number of nitrogens with one attached hydrogen (secondary N) is 1. The van der Waals surface area contributed by atoms with Crippen molar-refractivity contribution in [3.8, 4) is 0 Å². The van der Waals surface area contributed by atoms with E-state index in [1.54, 1.807) is 0 Å². The molecule has 0 bridgehead atoms. The lowest BCUT2D eigenvalue weighted by atomic mass is 10.2. The third kappa shape index (κ3) is 4.45. The average molecular weight is 332 g/mol. The number of nitrogens with two attached hydrogens (primary N) is 1. The van der Waals surface area contributed by atoms with E-state index in [1.807, 2.05) is 12.3 Å². The van der Waals surface area contributed by atoms with Crippen LogP contribution in [0.1, 0.15) is 44.1 Å². The van der Waals surface area contributed by atoms with Gasteiger partial charge in [0.2, 0.25) is 5.91 Å². The molecule has 1 amide bonds. The van der Waals surface area contributed by atoms with Gasteiger partial charge >= 0.3 is 0 Å². The van der Waals surface area contributed by atoms with E-state index in [-0.39, 0.29) is 18.1 Å². The Morgan fingerprint density at radius 3 is 2.67 bits per heavy atom. The highest BCUT2D eigenvalue weighted by Gasteiger charge is 2.29. The fourth-order valence-corrected chi connectivity index (χ4v) is 3.38. The van der Waals surface area contributed by atoms with Crippen molar-refractivity contribution >= 4 is 11.7 Å². The molecule has 3 N–H and O–H groups in total. The van der Waals surface area contributed by atoms with E-state index in [0.29, 0.717) is 13.1 Å². The summed E-state index contributed by atoms with van der Waals surface area (Å²) in [5, 5.41) is 2.94. The number of aromatic nitrogens is 1. The zero-order valence-electron chi connectivity index (χ0n) is 14.2. The summed E-state index contributed by atoms with van der Waals surface area (Å²) in [6.45, 7) is 3.14. The zero-order valence-corrected chi connectivity index (χ0v) is 14.2. The molecule has 1 aromatic heterocycles. The van der Waals surface area contributed by atoms with Crippen molar-refractivity contribution in [2.75, 3.05) is 24.5 Å². The van der Waals surface area contributed by atoms with Crippen molar-refractivity contribution < 1.29 is 9.53 Å². The van der Waals surface area contributed by atoms with E-state index in [9.17, 15) is 4.79 Å². The van der Waals surface area contributed by atoms with Gasteiger partial charge in [-0.3, -0.25) is 4.79 Å². The summed E-state index contributed by atoms with van der Waals surface area (Å²) in [6.07, 6.45) is 8.25. The molecule has 2 fully saturated rings. The summed E-state index contributed by atoms with van der Waals surface area (Å²) >= 11 is 0. The molecule has 0 radical (unpaired) electrons. The van der Waals surface area contributed by atoms with Gasteiger partial charge in [-0.1, -0.05) is 18.9 Å². The first-order chi connectivity index (χ1) is 11.8. The van der Waals surface area contributed by atoms with Crippen LogP contribution in [-0.2, 0) is 16.1 Å². The molecular weight excluding hydrogens is 304 g/mol. The maximum atomic E-state index is 12.1. The van der Waals surface area contributed by atoms with Crippen molar-refractivity contribution in [2.24, 2.45) is 5.73 Å². The molecule has 2 saturated heterocycles. The highest BCUT2D eigenvalue weighted by Crippen LogP contribution is 2.19. The number of carbonyl (C=O) groups excluding carboxylic acids is 1. The number of ether oxygens (including phenoxy) is 1. The third-order valence-electron chi connectivity index (χ3n) is 4.87. The Bertz CT molecular complexity index is 526. The first kappa shape index (κ1) is 17.2. The number of nitrogens with zero attached hydrogens (tertiary/aromatic N) is 2. The molecule has 24 heavy (non-hydrogen) atoms. The van der Waals surface area contributed by atoms with E-state index in [0.717, 1.165) is 37.3 Å². The summed E-state index contributed by atoms with van der Waals surface area (Å²) in [4.78, 5) is 19.1. The van der Waals surface area contributed by atoms with Gasteiger partial charge in [0.15, 0.2) is 0 Å². The van der Waals surface area contributed by atoms with Crippen molar-refractivity contribution in [1.82, 2.24) is 10.3 Å². The van der Waals surface area contributed by atoms with Crippen LogP contribution in [0.25, 0.3) is 0 Å². The van der Waals surface area contributed by atoms with Gasteiger partial charge in [-0.2, -0.15) is 0 Å². The monoisotopic (exact) mass is 332 g/mol. The highest BCUT2D eigenvalue weighted by molar-refractivity contribution is 5.81. The minimum Gasteiger partial charge on any atom is -0.364 e. The summed E-state index contributed by atoms with van der Waals surface area (Å²) < 4.78 is 5.61. The number of anilines is 1. The predicted molar refractivity (Wildman–Crippen MR) is 93.7 cm³/mol. The molecule has 3 heterocycles. The zero-order chi connectivity index (χ0) is 16.8. The standard InChI is InChI=1S/C18H28N4O2/c19-11-15-6-7-16(24-15)18(23)21-13-14-5-8-17(20-12-14)22-9-3-1-2-4-10-22/h5,8,12,15-16H,1-4,6-7,9-11,13,19H2,(H,21,23)/t15-,16+/m1/s1. The van der Waals surface area contributed by atoms with Crippen molar-refractivity contribution in [3.63, 3.8) is 0 Å². The Hall–Kier alpha value is -1.66. The molecule has 132 valence electrons. The Morgan fingerprint density at radius 2 is 2.04 bits per heavy atom. The smallest absolute Gasteiger partial charge is 0.249 e. The molecule has 0 spiro atoms. The Morgan fingerprint density at radius 1 is 1.25 bits per heavy atom.